The molecule has 0 radical (unpaired) electrons. The molecule has 0 amide bonds. The van der Waals surface area contributed by atoms with Gasteiger partial charge in [0.25, 0.3) is 0 Å². The Morgan fingerprint density at radius 3 is 2.14 bits per heavy atom. The summed E-state index contributed by atoms with van der Waals surface area (Å²) in [7, 11) is -9.63. The molecule has 1 aliphatic rings. The van der Waals surface area contributed by atoms with E-state index in [-0.39, 0.29) is 25.1 Å². The van der Waals surface area contributed by atoms with Gasteiger partial charge in [0, 0.05) is 0 Å². The second kappa shape index (κ2) is 4.23. The van der Waals surface area contributed by atoms with Crippen molar-refractivity contribution >= 4 is 10.2 Å². The Balaban J connectivity index is 1.99. The maximum atomic E-state index is 12.5. The minimum atomic E-state index is -9.63. The molecular formula is C12H15F5O3S. The molecule has 0 aliphatic carbocycles. The van der Waals surface area contributed by atoms with Gasteiger partial charge in [0.15, 0.2) is 5.79 Å². The molecule has 1 atom stereocenters. The van der Waals surface area contributed by atoms with Crippen molar-refractivity contribution in [3.05, 3.63) is 24.3 Å². The topological polar surface area (TPSA) is 27.7 Å². The molecule has 1 fully saturated rings. The Morgan fingerprint density at radius 1 is 1.14 bits per heavy atom. The van der Waals surface area contributed by atoms with E-state index < -0.39 is 20.9 Å². The van der Waals surface area contributed by atoms with Crippen molar-refractivity contribution < 1.29 is 33.6 Å². The second-order valence-electron chi connectivity index (χ2n) is 5.20. The molecule has 1 heterocycles. The van der Waals surface area contributed by atoms with Crippen LogP contribution in [-0.2, 0) is 9.47 Å². The van der Waals surface area contributed by atoms with E-state index in [9.17, 15) is 19.4 Å². The Labute approximate surface area is 118 Å². The van der Waals surface area contributed by atoms with Crippen molar-refractivity contribution in [3.8, 4) is 5.75 Å². The summed E-state index contributed by atoms with van der Waals surface area (Å²) in [5.74, 6) is -0.686. The molecule has 122 valence electrons. The molecule has 1 saturated heterocycles. The molecule has 0 spiro atoms. The molecule has 3 nitrogen and oxygen atoms in total. The fourth-order valence-corrected chi connectivity index (χ4v) is 2.48. The maximum absolute atomic E-state index is 12.5. The fraction of sp³-hybridized carbons (Fsp3) is 0.500. The van der Waals surface area contributed by atoms with Gasteiger partial charge in [-0.25, -0.2) is 0 Å². The number of halogens is 5. The summed E-state index contributed by atoms with van der Waals surface area (Å²) >= 11 is 0. The summed E-state index contributed by atoms with van der Waals surface area (Å²) in [4.78, 5) is -1.94. The van der Waals surface area contributed by atoms with Gasteiger partial charge >= 0.3 is 10.2 Å². The molecule has 1 aromatic rings. The van der Waals surface area contributed by atoms with E-state index in [1.165, 1.54) is 0 Å². The highest BCUT2D eigenvalue weighted by Crippen LogP contribution is 3.02. The van der Waals surface area contributed by atoms with Gasteiger partial charge in [-0.3, -0.25) is 0 Å². The van der Waals surface area contributed by atoms with Crippen LogP contribution in [0, 0.1) is 0 Å². The quantitative estimate of drug-likeness (QED) is 0.735. The largest absolute Gasteiger partial charge is 0.491 e. The highest BCUT2D eigenvalue weighted by Gasteiger charge is 2.65. The first-order valence-electron chi connectivity index (χ1n) is 6.04. The first kappa shape index (κ1) is 16.3. The van der Waals surface area contributed by atoms with Crippen molar-refractivity contribution in [2.45, 2.75) is 30.6 Å². The minimum absolute atomic E-state index is 0.0499. The van der Waals surface area contributed by atoms with Crippen LogP contribution >= 0.6 is 10.2 Å². The second-order valence-corrected chi connectivity index (χ2v) is 7.61. The molecule has 1 aliphatic heterocycles. The van der Waals surface area contributed by atoms with Crippen molar-refractivity contribution in [2.24, 2.45) is 0 Å². The number of ether oxygens (including phenoxy) is 3. The Kier molecular flexibility index (Phi) is 3.29. The van der Waals surface area contributed by atoms with E-state index in [1.54, 1.807) is 13.8 Å². The zero-order valence-corrected chi connectivity index (χ0v) is 12.1. The predicted octanol–water partition coefficient (Wildman–Crippen LogP) is 4.87. The lowest BCUT2D eigenvalue weighted by atomic mass is 10.3. The van der Waals surface area contributed by atoms with E-state index in [4.69, 9.17) is 14.2 Å². The van der Waals surface area contributed by atoms with Crippen LogP contribution in [0.25, 0.3) is 0 Å². The summed E-state index contributed by atoms with van der Waals surface area (Å²) in [5, 5.41) is 0. The molecule has 2 rings (SSSR count). The molecule has 1 aromatic carbocycles. The molecule has 1 unspecified atom stereocenters. The first-order chi connectivity index (χ1) is 9.25. The van der Waals surface area contributed by atoms with Gasteiger partial charge in [-0.1, -0.05) is 19.4 Å². The van der Waals surface area contributed by atoms with Crippen LogP contribution < -0.4 is 4.74 Å². The molecule has 0 N–H and O–H groups in total. The van der Waals surface area contributed by atoms with Crippen LogP contribution in [0.1, 0.15) is 13.8 Å². The normalized spacial score (nSPS) is 25.2. The summed E-state index contributed by atoms with van der Waals surface area (Å²) in [6, 6.07) is 2.34. The van der Waals surface area contributed by atoms with Crippen LogP contribution in [-0.4, -0.2) is 25.1 Å². The van der Waals surface area contributed by atoms with Gasteiger partial charge in [0.05, 0.1) is 6.61 Å². The lowest BCUT2D eigenvalue weighted by Crippen LogP contribution is -2.25. The number of benzene rings is 1. The van der Waals surface area contributed by atoms with E-state index in [1.807, 2.05) is 0 Å². The van der Waals surface area contributed by atoms with Gasteiger partial charge < -0.3 is 14.2 Å². The van der Waals surface area contributed by atoms with Crippen LogP contribution in [0.4, 0.5) is 19.4 Å². The smallest absolute Gasteiger partial charge is 0.310 e. The third-order valence-electron chi connectivity index (χ3n) is 2.77. The first-order valence-corrected chi connectivity index (χ1v) is 7.99. The zero-order valence-electron chi connectivity index (χ0n) is 11.3. The molecule has 21 heavy (non-hydrogen) atoms. The summed E-state index contributed by atoms with van der Waals surface area (Å²) in [6.07, 6.45) is -0.365. The molecule has 0 bridgehead atoms. The number of hydrogen-bond acceptors (Lipinski definition) is 3. The fourth-order valence-electron chi connectivity index (χ4n) is 1.83. The zero-order chi connectivity index (χ0) is 16.0. The van der Waals surface area contributed by atoms with Crippen molar-refractivity contribution in [2.75, 3.05) is 13.2 Å². The van der Waals surface area contributed by atoms with E-state index >= 15 is 0 Å². The lowest BCUT2D eigenvalue weighted by molar-refractivity contribution is -0.141. The maximum Gasteiger partial charge on any atom is 0.310 e. The minimum Gasteiger partial charge on any atom is -0.491 e. The molecule has 0 saturated carbocycles. The van der Waals surface area contributed by atoms with Crippen LogP contribution in [0.15, 0.2) is 29.2 Å². The predicted molar refractivity (Wildman–Crippen MR) is 68.2 cm³/mol. The third-order valence-corrected chi connectivity index (χ3v) is 3.94. The Bertz CT molecular complexity index is 526. The summed E-state index contributed by atoms with van der Waals surface area (Å²) < 4.78 is 78.5. The Morgan fingerprint density at radius 2 is 1.71 bits per heavy atom. The van der Waals surface area contributed by atoms with Crippen LogP contribution in [0.3, 0.4) is 0 Å². The van der Waals surface area contributed by atoms with Gasteiger partial charge in [-0.15, -0.1) is 0 Å². The average molecular weight is 334 g/mol. The van der Waals surface area contributed by atoms with Crippen LogP contribution in [0.5, 0.6) is 5.75 Å². The van der Waals surface area contributed by atoms with E-state index in [0.29, 0.717) is 12.1 Å². The SMILES string of the molecule is CC1(C)OCC(COc2ccc(S(F)(F)(F)(F)F)cc2)O1. The van der Waals surface area contributed by atoms with Gasteiger partial charge in [0.1, 0.15) is 23.4 Å². The lowest BCUT2D eigenvalue weighted by Gasteiger charge is -2.40. The highest BCUT2D eigenvalue weighted by atomic mass is 32.5. The van der Waals surface area contributed by atoms with Gasteiger partial charge in [0.2, 0.25) is 0 Å². The van der Waals surface area contributed by atoms with E-state index in [0.717, 1.165) is 12.1 Å². The summed E-state index contributed by atoms with van der Waals surface area (Å²) in [5.41, 5.74) is 0. The summed E-state index contributed by atoms with van der Waals surface area (Å²) in [6.45, 7) is 3.78. The molecular weight excluding hydrogens is 319 g/mol. The van der Waals surface area contributed by atoms with Crippen molar-refractivity contribution in [1.82, 2.24) is 0 Å². The highest BCUT2D eigenvalue weighted by molar-refractivity contribution is 8.45. The van der Waals surface area contributed by atoms with E-state index in [2.05, 4.69) is 0 Å². The standard InChI is InChI=1S/C12H15F5O3S/c1-12(2)19-8-10(20-12)7-18-9-3-5-11(6-4-9)21(13,14,15,16)17/h3-6,10H,7-8H2,1-2H3. The third kappa shape index (κ3) is 4.45. The van der Waals surface area contributed by atoms with Gasteiger partial charge in [-0.2, -0.15) is 0 Å². The van der Waals surface area contributed by atoms with Crippen LogP contribution in [0.2, 0.25) is 0 Å². The number of rotatable bonds is 4. The molecule has 0 aromatic heterocycles. The molecule has 9 heteroatoms. The average Bonchev–Trinajstić information content (AvgIpc) is 2.64. The van der Waals surface area contributed by atoms with Gasteiger partial charge in [-0.05, 0) is 38.1 Å². The monoisotopic (exact) mass is 334 g/mol. The Hall–Kier alpha value is -1.06. The van der Waals surface area contributed by atoms with Crippen molar-refractivity contribution in [3.63, 3.8) is 0 Å². The number of hydrogen-bond donors (Lipinski definition) is 0. The van der Waals surface area contributed by atoms with Crippen molar-refractivity contribution in [1.29, 1.82) is 0 Å².